The molecule has 1 aromatic carbocycles. The molecule has 0 saturated heterocycles. The zero-order valence-corrected chi connectivity index (χ0v) is 15.3. The fourth-order valence-corrected chi connectivity index (χ4v) is 2.78. The second-order valence-corrected chi connectivity index (χ2v) is 6.73. The van der Waals surface area contributed by atoms with E-state index in [0.29, 0.717) is 0 Å². The first kappa shape index (κ1) is 22.3. The van der Waals surface area contributed by atoms with Gasteiger partial charge < -0.3 is 32.9 Å². The summed E-state index contributed by atoms with van der Waals surface area (Å²) in [6.45, 7) is -0.310. The van der Waals surface area contributed by atoms with E-state index < -0.39 is 35.7 Å². The maximum absolute atomic E-state index is 12.0. The fraction of sp³-hybridized carbons (Fsp3) is 0.375. The van der Waals surface area contributed by atoms with Gasteiger partial charge in [-0.3, -0.25) is 19.2 Å². The van der Waals surface area contributed by atoms with Crippen LogP contribution in [0, 0.1) is 0 Å². The Balaban J connectivity index is 2.41. The Morgan fingerprint density at radius 1 is 1.11 bits per heavy atom. The minimum absolute atomic E-state index is 0.0316. The molecule has 1 aromatic rings. The van der Waals surface area contributed by atoms with E-state index in [-0.39, 0.29) is 30.2 Å². The van der Waals surface area contributed by atoms with Gasteiger partial charge in [0.05, 0.1) is 18.3 Å². The van der Waals surface area contributed by atoms with Crippen LogP contribution in [0.2, 0.25) is 0 Å². The van der Waals surface area contributed by atoms with Crippen LogP contribution in [-0.2, 0) is 25.6 Å². The van der Waals surface area contributed by atoms with E-state index >= 15 is 0 Å². The summed E-state index contributed by atoms with van der Waals surface area (Å²) >= 11 is 1.09. The number of phenolic OH excluding ortho intramolecular Hbond substituents is 1. The van der Waals surface area contributed by atoms with Gasteiger partial charge in [0, 0.05) is 12.2 Å². The molecule has 9 N–H and O–H groups in total. The summed E-state index contributed by atoms with van der Waals surface area (Å²) in [5.41, 5.74) is 16.6. The number of aromatic hydroxyl groups is 1. The number of hydrogen-bond donors (Lipinski definition) is 6. The Hall–Kier alpha value is -2.79. The number of nitrogens with two attached hydrogens (primary N) is 3. The molecule has 0 aliphatic carbocycles. The lowest BCUT2D eigenvalue weighted by Crippen LogP contribution is -2.47. The minimum Gasteiger partial charge on any atom is -0.508 e. The third-order valence-corrected chi connectivity index (χ3v) is 4.42. The van der Waals surface area contributed by atoms with E-state index in [2.05, 4.69) is 10.6 Å². The molecule has 0 radical (unpaired) electrons. The summed E-state index contributed by atoms with van der Waals surface area (Å²) in [4.78, 5) is 45.7. The zero-order valence-electron chi connectivity index (χ0n) is 14.5. The molecule has 11 heteroatoms. The van der Waals surface area contributed by atoms with Gasteiger partial charge in [-0.1, -0.05) is 12.1 Å². The molecular weight excluding hydrogens is 374 g/mol. The largest absolute Gasteiger partial charge is 0.508 e. The third-order valence-electron chi connectivity index (χ3n) is 3.36. The molecule has 0 fully saturated rings. The topological polar surface area (TPSA) is 191 Å². The van der Waals surface area contributed by atoms with Crippen LogP contribution in [0.1, 0.15) is 5.56 Å². The maximum atomic E-state index is 12.0. The van der Waals surface area contributed by atoms with Crippen LogP contribution in [-0.4, -0.2) is 58.9 Å². The first-order valence-electron chi connectivity index (χ1n) is 7.95. The Morgan fingerprint density at radius 2 is 1.74 bits per heavy atom. The van der Waals surface area contributed by atoms with Crippen molar-refractivity contribution in [1.82, 2.24) is 10.6 Å². The number of rotatable bonds is 11. The van der Waals surface area contributed by atoms with E-state index in [1.807, 2.05) is 0 Å². The van der Waals surface area contributed by atoms with Crippen molar-refractivity contribution in [3.8, 4) is 5.75 Å². The predicted molar refractivity (Wildman–Crippen MR) is 100 cm³/mol. The quantitative estimate of drug-likeness (QED) is 0.239. The van der Waals surface area contributed by atoms with Gasteiger partial charge in [-0.05, 0) is 17.7 Å². The first-order valence-corrected chi connectivity index (χ1v) is 9.10. The monoisotopic (exact) mass is 397 g/mol. The second-order valence-electron chi connectivity index (χ2n) is 5.70. The molecule has 2 atom stereocenters. The lowest BCUT2D eigenvalue weighted by atomic mass is 10.1. The van der Waals surface area contributed by atoms with Gasteiger partial charge in [-0.25, -0.2) is 0 Å². The van der Waals surface area contributed by atoms with Crippen LogP contribution >= 0.6 is 11.8 Å². The number of benzene rings is 1. The van der Waals surface area contributed by atoms with E-state index in [4.69, 9.17) is 17.2 Å². The Bertz CT molecular complexity index is 682. The van der Waals surface area contributed by atoms with Crippen LogP contribution in [0.3, 0.4) is 0 Å². The highest BCUT2D eigenvalue weighted by Gasteiger charge is 2.19. The predicted octanol–water partition coefficient (Wildman–Crippen LogP) is -2.43. The molecule has 148 valence electrons. The van der Waals surface area contributed by atoms with Crippen molar-refractivity contribution in [3.05, 3.63) is 29.8 Å². The normalized spacial score (nSPS) is 12.6. The van der Waals surface area contributed by atoms with Crippen molar-refractivity contribution in [1.29, 1.82) is 0 Å². The molecule has 0 aliphatic rings. The number of thioether (sulfide) groups is 1. The highest BCUT2D eigenvalue weighted by molar-refractivity contribution is 8.00. The van der Waals surface area contributed by atoms with Crippen LogP contribution < -0.4 is 27.8 Å². The second kappa shape index (κ2) is 11.0. The Labute approximate surface area is 160 Å². The van der Waals surface area contributed by atoms with Gasteiger partial charge in [0.1, 0.15) is 11.8 Å². The van der Waals surface area contributed by atoms with Crippen molar-refractivity contribution in [3.63, 3.8) is 0 Å². The third kappa shape index (κ3) is 8.92. The van der Waals surface area contributed by atoms with Crippen LogP contribution in [0.4, 0.5) is 0 Å². The molecule has 0 aliphatic heterocycles. The van der Waals surface area contributed by atoms with Gasteiger partial charge in [0.15, 0.2) is 0 Å². The number of hydrogen-bond acceptors (Lipinski definition) is 7. The maximum Gasteiger partial charge on any atom is 0.240 e. The van der Waals surface area contributed by atoms with E-state index in [1.54, 1.807) is 12.1 Å². The molecule has 0 aromatic heterocycles. The van der Waals surface area contributed by atoms with Gasteiger partial charge in [0.2, 0.25) is 23.6 Å². The van der Waals surface area contributed by atoms with Gasteiger partial charge in [-0.2, -0.15) is 0 Å². The van der Waals surface area contributed by atoms with Crippen LogP contribution in [0.5, 0.6) is 5.75 Å². The average molecular weight is 397 g/mol. The van der Waals surface area contributed by atoms with E-state index in [9.17, 15) is 24.3 Å². The molecule has 0 spiro atoms. The highest BCUT2D eigenvalue weighted by atomic mass is 32.2. The van der Waals surface area contributed by atoms with Gasteiger partial charge in [-0.15, -0.1) is 11.8 Å². The van der Waals surface area contributed by atoms with Crippen molar-refractivity contribution < 1.29 is 24.3 Å². The Morgan fingerprint density at radius 3 is 2.30 bits per heavy atom. The zero-order chi connectivity index (χ0) is 20.4. The number of carbonyl (C=O) groups excluding carboxylic acids is 4. The fourth-order valence-electron chi connectivity index (χ4n) is 1.99. The van der Waals surface area contributed by atoms with Crippen LogP contribution in [0.25, 0.3) is 0 Å². The summed E-state index contributed by atoms with van der Waals surface area (Å²) in [5.74, 6) is -2.17. The van der Waals surface area contributed by atoms with Gasteiger partial charge >= 0.3 is 0 Å². The summed E-state index contributed by atoms with van der Waals surface area (Å²) in [5, 5.41) is 14.1. The molecule has 10 nitrogen and oxygen atoms in total. The number of primary amides is 2. The van der Waals surface area contributed by atoms with Crippen LogP contribution in [0.15, 0.2) is 24.3 Å². The molecule has 27 heavy (non-hydrogen) atoms. The molecular formula is C16H23N5O5S. The van der Waals surface area contributed by atoms with Crippen molar-refractivity contribution in [2.24, 2.45) is 17.2 Å². The first-order chi connectivity index (χ1) is 12.7. The summed E-state index contributed by atoms with van der Waals surface area (Å²) in [6.07, 6.45) is 0.182. The van der Waals surface area contributed by atoms with E-state index in [1.165, 1.54) is 12.1 Å². The SMILES string of the molecule is NC(=O)CNC(=O)C(N)CSCC(=O)NC(Cc1ccc(O)cc1)C(N)=O. The lowest BCUT2D eigenvalue weighted by Gasteiger charge is -2.16. The van der Waals surface area contributed by atoms with Crippen molar-refractivity contribution in [2.45, 2.75) is 18.5 Å². The molecule has 0 heterocycles. The molecule has 0 bridgehead atoms. The molecule has 0 saturated carbocycles. The molecule has 1 rings (SSSR count). The highest BCUT2D eigenvalue weighted by Crippen LogP contribution is 2.11. The summed E-state index contributed by atoms with van der Waals surface area (Å²) < 4.78 is 0. The average Bonchev–Trinajstić information content (AvgIpc) is 2.60. The number of amides is 4. The standard InChI is InChI=1S/C16H23N5O5S/c17-11(16(26)20-6-13(18)23)7-27-8-14(24)21-12(15(19)25)5-9-1-3-10(22)4-2-9/h1-4,11-12,22H,5-8,17H2,(H2,18,23)(H2,19,25)(H,20,26)(H,21,24). The molecule has 2 unspecified atom stereocenters. The number of phenols is 1. The lowest BCUT2D eigenvalue weighted by molar-refractivity contribution is -0.125. The van der Waals surface area contributed by atoms with Crippen molar-refractivity contribution in [2.75, 3.05) is 18.1 Å². The van der Waals surface area contributed by atoms with Gasteiger partial charge in [0.25, 0.3) is 0 Å². The summed E-state index contributed by atoms with van der Waals surface area (Å²) in [6, 6.07) is 4.36. The smallest absolute Gasteiger partial charge is 0.240 e. The number of carbonyl (C=O) groups is 4. The minimum atomic E-state index is -0.911. The molecule has 4 amide bonds. The summed E-state index contributed by atoms with van der Waals surface area (Å²) in [7, 11) is 0. The Kier molecular flexibility index (Phi) is 9.09. The number of nitrogens with one attached hydrogen (secondary N) is 2. The van der Waals surface area contributed by atoms with E-state index in [0.717, 1.165) is 17.3 Å². The van der Waals surface area contributed by atoms with Crippen molar-refractivity contribution >= 4 is 35.4 Å².